The first-order chi connectivity index (χ1) is 9.08. The molecule has 0 saturated heterocycles. The Morgan fingerprint density at radius 1 is 1.26 bits per heavy atom. The number of carbonyl (C=O) groups is 1. The molecule has 5 heteroatoms. The fraction of sp³-hybridized carbons (Fsp3) is 0.0714. The molecule has 0 aromatic heterocycles. The first-order valence-corrected chi connectivity index (χ1v) is 6.37. The van der Waals surface area contributed by atoms with E-state index in [4.69, 9.17) is 5.11 Å². The van der Waals surface area contributed by atoms with E-state index < -0.39 is 5.97 Å². The van der Waals surface area contributed by atoms with Crippen molar-refractivity contribution in [3.8, 4) is 0 Å². The number of benzene rings is 2. The fourth-order valence-electron chi connectivity index (χ4n) is 1.73. The van der Waals surface area contributed by atoms with Gasteiger partial charge in [-0.05, 0) is 45.8 Å². The quantitative estimate of drug-likeness (QED) is 0.897. The van der Waals surface area contributed by atoms with Gasteiger partial charge >= 0.3 is 5.97 Å². The van der Waals surface area contributed by atoms with Crippen LogP contribution in [0, 0.1) is 5.82 Å². The average Bonchev–Trinajstić information content (AvgIpc) is 2.36. The Morgan fingerprint density at radius 2 is 2.00 bits per heavy atom. The molecule has 0 heterocycles. The van der Waals surface area contributed by atoms with Gasteiger partial charge in [-0.3, -0.25) is 0 Å². The SMILES string of the molecule is O=C(O)c1c(Br)cccc1NCc1cccc(F)c1. The summed E-state index contributed by atoms with van der Waals surface area (Å²) in [5.74, 6) is -1.33. The topological polar surface area (TPSA) is 49.3 Å². The zero-order chi connectivity index (χ0) is 13.8. The molecule has 0 spiro atoms. The molecule has 2 aromatic carbocycles. The first kappa shape index (κ1) is 13.5. The van der Waals surface area contributed by atoms with Gasteiger partial charge in [-0.15, -0.1) is 0 Å². The van der Waals surface area contributed by atoms with E-state index in [0.717, 1.165) is 5.56 Å². The monoisotopic (exact) mass is 323 g/mol. The minimum atomic E-state index is -1.02. The molecule has 0 bridgehead atoms. The summed E-state index contributed by atoms with van der Waals surface area (Å²) < 4.78 is 13.5. The van der Waals surface area contributed by atoms with Gasteiger partial charge in [0.25, 0.3) is 0 Å². The molecule has 0 aliphatic rings. The second-order valence-corrected chi connectivity index (χ2v) is 4.81. The highest BCUT2D eigenvalue weighted by atomic mass is 79.9. The summed E-state index contributed by atoms with van der Waals surface area (Å²) >= 11 is 3.20. The van der Waals surface area contributed by atoms with Crippen molar-refractivity contribution in [2.24, 2.45) is 0 Å². The molecule has 0 fully saturated rings. The minimum absolute atomic E-state index is 0.166. The Morgan fingerprint density at radius 3 is 2.68 bits per heavy atom. The van der Waals surface area contributed by atoms with Crippen molar-refractivity contribution >= 4 is 27.6 Å². The molecule has 0 aliphatic carbocycles. The van der Waals surface area contributed by atoms with E-state index in [9.17, 15) is 9.18 Å². The largest absolute Gasteiger partial charge is 0.478 e. The zero-order valence-electron chi connectivity index (χ0n) is 9.86. The fourth-order valence-corrected chi connectivity index (χ4v) is 2.27. The maximum absolute atomic E-state index is 13.0. The maximum atomic E-state index is 13.0. The molecular weight excluding hydrogens is 313 g/mol. The number of halogens is 2. The van der Waals surface area contributed by atoms with Crippen LogP contribution in [0.3, 0.4) is 0 Å². The van der Waals surface area contributed by atoms with Crippen LogP contribution in [0.4, 0.5) is 10.1 Å². The van der Waals surface area contributed by atoms with E-state index in [1.807, 2.05) is 0 Å². The second-order valence-electron chi connectivity index (χ2n) is 3.95. The Balaban J connectivity index is 2.20. The lowest BCUT2D eigenvalue weighted by atomic mass is 10.1. The normalized spacial score (nSPS) is 10.2. The standard InChI is InChI=1S/C14H11BrFNO2/c15-11-5-2-6-12(13(11)14(18)19)17-8-9-3-1-4-10(16)7-9/h1-7,17H,8H2,(H,18,19). The molecule has 0 saturated carbocycles. The number of nitrogens with one attached hydrogen (secondary N) is 1. The van der Waals surface area contributed by atoms with Gasteiger partial charge in [0.2, 0.25) is 0 Å². The van der Waals surface area contributed by atoms with Crippen LogP contribution in [0.25, 0.3) is 0 Å². The van der Waals surface area contributed by atoms with Crippen LogP contribution in [0.15, 0.2) is 46.9 Å². The lowest BCUT2D eigenvalue weighted by Crippen LogP contribution is -2.07. The first-order valence-electron chi connectivity index (χ1n) is 5.58. The van der Waals surface area contributed by atoms with E-state index >= 15 is 0 Å². The van der Waals surface area contributed by atoms with Crippen LogP contribution in [-0.2, 0) is 6.54 Å². The molecule has 2 aromatic rings. The smallest absolute Gasteiger partial charge is 0.338 e. The van der Waals surface area contributed by atoms with Crippen LogP contribution in [0.5, 0.6) is 0 Å². The van der Waals surface area contributed by atoms with Gasteiger partial charge in [0.05, 0.1) is 11.3 Å². The molecule has 3 nitrogen and oxygen atoms in total. The van der Waals surface area contributed by atoms with Crippen molar-refractivity contribution in [2.75, 3.05) is 5.32 Å². The number of carboxylic acids is 1. The van der Waals surface area contributed by atoms with E-state index in [1.165, 1.54) is 12.1 Å². The Bertz CT molecular complexity index is 616. The third kappa shape index (κ3) is 3.32. The highest BCUT2D eigenvalue weighted by Gasteiger charge is 2.13. The third-order valence-corrected chi connectivity index (χ3v) is 3.26. The van der Waals surface area contributed by atoms with Crippen LogP contribution >= 0.6 is 15.9 Å². The highest BCUT2D eigenvalue weighted by Crippen LogP contribution is 2.25. The molecule has 2 N–H and O–H groups in total. The van der Waals surface area contributed by atoms with Crippen molar-refractivity contribution in [1.29, 1.82) is 0 Å². The van der Waals surface area contributed by atoms with E-state index in [2.05, 4.69) is 21.2 Å². The van der Waals surface area contributed by atoms with Gasteiger partial charge in [0.15, 0.2) is 0 Å². The zero-order valence-corrected chi connectivity index (χ0v) is 11.4. The molecule has 19 heavy (non-hydrogen) atoms. The van der Waals surface area contributed by atoms with Crippen LogP contribution < -0.4 is 5.32 Å². The lowest BCUT2D eigenvalue weighted by molar-refractivity contribution is 0.0697. The number of hydrogen-bond acceptors (Lipinski definition) is 2. The molecule has 0 aliphatic heterocycles. The summed E-state index contributed by atoms with van der Waals surface area (Å²) in [4.78, 5) is 11.2. The predicted molar refractivity (Wildman–Crippen MR) is 74.8 cm³/mol. The highest BCUT2D eigenvalue weighted by molar-refractivity contribution is 9.10. The van der Waals surface area contributed by atoms with Gasteiger partial charge < -0.3 is 10.4 Å². The molecule has 2 rings (SSSR count). The Hall–Kier alpha value is -1.88. The van der Waals surface area contributed by atoms with Crippen molar-refractivity contribution in [2.45, 2.75) is 6.54 Å². The molecule has 0 unspecified atom stereocenters. The molecule has 98 valence electrons. The van der Waals surface area contributed by atoms with E-state index in [-0.39, 0.29) is 11.4 Å². The summed E-state index contributed by atoms with van der Waals surface area (Å²) in [6, 6.07) is 11.2. The van der Waals surface area contributed by atoms with Gasteiger partial charge in [-0.2, -0.15) is 0 Å². The minimum Gasteiger partial charge on any atom is -0.478 e. The third-order valence-electron chi connectivity index (χ3n) is 2.60. The van der Waals surface area contributed by atoms with Crippen LogP contribution in [-0.4, -0.2) is 11.1 Å². The van der Waals surface area contributed by atoms with Crippen molar-refractivity contribution in [3.63, 3.8) is 0 Å². The van der Waals surface area contributed by atoms with E-state index in [0.29, 0.717) is 16.7 Å². The van der Waals surface area contributed by atoms with Crippen LogP contribution in [0.2, 0.25) is 0 Å². The van der Waals surface area contributed by atoms with Crippen molar-refractivity contribution < 1.29 is 14.3 Å². The number of carboxylic acid groups (broad SMARTS) is 1. The summed E-state index contributed by atoms with van der Waals surface area (Å²) in [5, 5.41) is 12.2. The van der Waals surface area contributed by atoms with Crippen molar-refractivity contribution in [1.82, 2.24) is 0 Å². The number of aromatic carboxylic acids is 1. The van der Waals surface area contributed by atoms with Gasteiger partial charge in [0.1, 0.15) is 5.82 Å². The number of hydrogen-bond donors (Lipinski definition) is 2. The number of rotatable bonds is 4. The Labute approximate surface area is 118 Å². The summed E-state index contributed by atoms with van der Waals surface area (Å²) in [5.41, 5.74) is 1.40. The maximum Gasteiger partial charge on any atom is 0.338 e. The molecule has 0 atom stereocenters. The predicted octanol–water partition coefficient (Wildman–Crippen LogP) is 3.90. The summed E-state index contributed by atoms with van der Waals surface area (Å²) in [6.07, 6.45) is 0. The molecular formula is C14H11BrFNO2. The van der Waals surface area contributed by atoms with Gasteiger partial charge in [-0.25, -0.2) is 9.18 Å². The van der Waals surface area contributed by atoms with Crippen LogP contribution in [0.1, 0.15) is 15.9 Å². The van der Waals surface area contributed by atoms with Crippen molar-refractivity contribution in [3.05, 3.63) is 63.9 Å². The summed E-state index contributed by atoms with van der Waals surface area (Å²) in [7, 11) is 0. The Kier molecular flexibility index (Phi) is 4.16. The van der Waals surface area contributed by atoms with Gasteiger partial charge in [-0.1, -0.05) is 18.2 Å². The molecule has 0 radical (unpaired) electrons. The van der Waals surface area contributed by atoms with E-state index in [1.54, 1.807) is 30.3 Å². The lowest BCUT2D eigenvalue weighted by Gasteiger charge is -2.11. The number of anilines is 1. The average molecular weight is 324 g/mol. The second kappa shape index (κ2) is 5.84. The van der Waals surface area contributed by atoms with Gasteiger partial charge in [0, 0.05) is 11.0 Å². The summed E-state index contributed by atoms with van der Waals surface area (Å²) in [6.45, 7) is 0.356. The molecule has 0 amide bonds.